The number of hydrogen-bond acceptors (Lipinski definition) is 3. The molecule has 0 radical (unpaired) electrons. The van der Waals surface area contributed by atoms with Gasteiger partial charge in [-0.1, -0.05) is 41.0 Å². The van der Waals surface area contributed by atoms with Gasteiger partial charge in [0.15, 0.2) is 11.6 Å². The molecule has 0 fully saturated rings. The van der Waals surface area contributed by atoms with E-state index >= 15 is 0 Å². The summed E-state index contributed by atoms with van der Waals surface area (Å²) >= 11 is 0. The van der Waals surface area contributed by atoms with Crippen LogP contribution in [0, 0.1) is 0 Å². The summed E-state index contributed by atoms with van der Waals surface area (Å²) in [5.74, 6) is -0.994. The lowest BCUT2D eigenvalue weighted by Crippen LogP contribution is -2.11. The Morgan fingerprint density at radius 1 is 0.806 bits per heavy atom. The largest absolute Gasteiger partial charge is 0.478 e. The Morgan fingerprint density at radius 3 is 2.00 bits per heavy atom. The number of carbonyl (C=O) groups excluding carboxylic acids is 2. The van der Waals surface area contributed by atoms with Crippen molar-refractivity contribution in [2.45, 2.75) is 79.6 Å². The minimum atomic E-state index is -0.830. The van der Waals surface area contributed by atoms with Gasteiger partial charge in [0.1, 0.15) is 0 Å². The Kier molecular flexibility index (Phi) is 11.5. The molecule has 1 aliphatic carbocycles. The van der Waals surface area contributed by atoms with Crippen molar-refractivity contribution >= 4 is 17.5 Å². The second-order valence-corrected chi connectivity index (χ2v) is 8.46. The molecule has 31 heavy (non-hydrogen) atoms. The molecule has 0 aromatic heterocycles. The van der Waals surface area contributed by atoms with Gasteiger partial charge in [-0.05, 0) is 91.7 Å². The Bertz CT molecular complexity index is 869. The van der Waals surface area contributed by atoms with Crippen LogP contribution in [0.4, 0.5) is 0 Å². The average molecular weight is 425 g/mol. The van der Waals surface area contributed by atoms with Crippen LogP contribution in [0.15, 0.2) is 69.9 Å². The maximum absolute atomic E-state index is 12.0. The van der Waals surface area contributed by atoms with Crippen LogP contribution < -0.4 is 0 Å². The Hall–Kier alpha value is -2.75. The molecule has 168 valence electrons. The third-order valence-electron chi connectivity index (χ3n) is 5.23. The van der Waals surface area contributed by atoms with Gasteiger partial charge in [0, 0.05) is 16.7 Å². The SMILES string of the molecule is CC(C)=CCC/C(=C\CC/C(C)=C/CC/C(C)=C/CC1=CC(=O)C(C)=CC1=O)C(=O)O. The van der Waals surface area contributed by atoms with Crippen LogP contribution in [0.3, 0.4) is 0 Å². The highest BCUT2D eigenvalue weighted by atomic mass is 16.4. The first-order valence-electron chi connectivity index (χ1n) is 10.9. The first-order valence-corrected chi connectivity index (χ1v) is 10.9. The minimum absolute atomic E-state index is 0.0773. The predicted octanol–water partition coefficient (Wildman–Crippen LogP) is 6.61. The maximum atomic E-state index is 12.0. The fraction of sp³-hybridized carbons (Fsp3) is 0.444. The molecule has 0 saturated heterocycles. The van der Waals surface area contributed by atoms with Crippen LogP contribution in [0.1, 0.15) is 79.6 Å². The van der Waals surface area contributed by atoms with Gasteiger partial charge in [-0.15, -0.1) is 0 Å². The van der Waals surface area contributed by atoms with Crippen LogP contribution in [0.25, 0.3) is 0 Å². The molecule has 0 aromatic rings. The molecule has 0 aromatic carbocycles. The first kappa shape index (κ1) is 26.3. The average Bonchev–Trinajstić information content (AvgIpc) is 2.68. The molecular formula is C27H36O4. The molecule has 0 spiro atoms. The lowest BCUT2D eigenvalue weighted by atomic mass is 9.95. The zero-order valence-corrected chi connectivity index (χ0v) is 19.6. The second-order valence-electron chi connectivity index (χ2n) is 8.46. The number of allylic oxidation sites excluding steroid dienone is 11. The monoisotopic (exact) mass is 424 g/mol. The summed E-state index contributed by atoms with van der Waals surface area (Å²) in [6, 6.07) is 0. The summed E-state index contributed by atoms with van der Waals surface area (Å²) in [5.41, 5.74) is 5.16. The highest BCUT2D eigenvalue weighted by Gasteiger charge is 2.16. The van der Waals surface area contributed by atoms with Gasteiger partial charge in [0.2, 0.25) is 0 Å². The van der Waals surface area contributed by atoms with Gasteiger partial charge in [-0.2, -0.15) is 0 Å². The normalized spacial score (nSPS) is 15.6. The van der Waals surface area contributed by atoms with E-state index in [2.05, 4.69) is 19.1 Å². The molecule has 0 aliphatic heterocycles. The van der Waals surface area contributed by atoms with E-state index in [1.54, 1.807) is 6.92 Å². The molecule has 0 amide bonds. The minimum Gasteiger partial charge on any atom is -0.478 e. The third kappa shape index (κ3) is 10.7. The predicted molar refractivity (Wildman–Crippen MR) is 127 cm³/mol. The van der Waals surface area contributed by atoms with Crippen molar-refractivity contribution in [1.29, 1.82) is 0 Å². The molecule has 4 heteroatoms. The lowest BCUT2D eigenvalue weighted by Gasteiger charge is -2.08. The number of carboxylic acids is 1. The van der Waals surface area contributed by atoms with Crippen LogP contribution >= 0.6 is 0 Å². The fourth-order valence-electron chi connectivity index (χ4n) is 3.18. The van der Waals surface area contributed by atoms with E-state index < -0.39 is 5.97 Å². The van der Waals surface area contributed by atoms with E-state index in [-0.39, 0.29) is 11.6 Å². The number of hydrogen-bond donors (Lipinski definition) is 1. The lowest BCUT2D eigenvalue weighted by molar-refractivity contribution is -0.132. The van der Waals surface area contributed by atoms with Gasteiger partial charge in [0.25, 0.3) is 0 Å². The van der Waals surface area contributed by atoms with Crippen LogP contribution in [0.2, 0.25) is 0 Å². The van der Waals surface area contributed by atoms with Gasteiger partial charge in [-0.25, -0.2) is 4.79 Å². The number of aliphatic carboxylic acids is 1. The molecule has 1 N–H and O–H groups in total. The Morgan fingerprint density at radius 2 is 1.39 bits per heavy atom. The quantitative estimate of drug-likeness (QED) is 0.217. The molecule has 1 aliphatic rings. The summed E-state index contributed by atoms with van der Waals surface area (Å²) in [6.45, 7) is 9.80. The highest BCUT2D eigenvalue weighted by Crippen LogP contribution is 2.18. The first-order chi connectivity index (χ1) is 14.6. The van der Waals surface area contributed by atoms with Gasteiger partial charge < -0.3 is 5.11 Å². The fourth-order valence-corrected chi connectivity index (χ4v) is 3.18. The van der Waals surface area contributed by atoms with E-state index in [0.717, 1.165) is 32.1 Å². The van der Waals surface area contributed by atoms with Gasteiger partial charge in [-0.3, -0.25) is 9.59 Å². The molecule has 0 heterocycles. The zero-order chi connectivity index (χ0) is 23.4. The Labute approximate surface area is 186 Å². The second kappa shape index (κ2) is 13.5. The van der Waals surface area contributed by atoms with Crippen molar-refractivity contribution in [3.63, 3.8) is 0 Å². The molecular weight excluding hydrogens is 388 g/mol. The summed E-state index contributed by atoms with van der Waals surface area (Å²) < 4.78 is 0. The third-order valence-corrected chi connectivity index (χ3v) is 5.23. The van der Waals surface area contributed by atoms with Crippen molar-refractivity contribution in [3.05, 3.63) is 69.9 Å². The van der Waals surface area contributed by atoms with E-state index in [1.165, 1.54) is 28.9 Å². The smallest absolute Gasteiger partial charge is 0.331 e. The zero-order valence-electron chi connectivity index (χ0n) is 19.6. The van der Waals surface area contributed by atoms with Crippen molar-refractivity contribution in [2.75, 3.05) is 0 Å². The summed E-state index contributed by atoms with van der Waals surface area (Å²) in [7, 11) is 0. The Balaban J connectivity index is 2.46. The van der Waals surface area contributed by atoms with Crippen molar-refractivity contribution in [1.82, 2.24) is 0 Å². The van der Waals surface area contributed by atoms with Crippen molar-refractivity contribution in [3.8, 4) is 0 Å². The molecule has 0 atom stereocenters. The van der Waals surface area contributed by atoms with Crippen LogP contribution in [-0.2, 0) is 14.4 Å². The van der Waals surface area contributed by atoms with Crippen molar-refractivity contribution < 1.29 is 19.5 Å². The van der Waals surface area contributed by atoms with E-state index in [0.29, 0.717) is 29.6 Å². The van der Waals surface area contributed by atoms with E-state index in [9.17, 15) is 19.5 Å². The topological polar surface area (TPSA) is 71.4 Å². The van der Waals surface area contributed by atoms with Crippen LogP contribution in [-0.4, -0.2) is 22.6 Å². The number of ketones is 2. The van der Waals surface area contributed by atoms with E-state index in [4.69, 9.17) is 0 Å². The van der Waals surface area contributed by atoms with Gasteiger partial charge >= 0.3 is 5.97 Å². The molecule has 0 bridgehead atoms. The summed E-state index contributed by atoms with van der Waals surface area (Å²) in [4.78, 5) is 35.1. The summed E-state index contributed by atoms with van der Waals surface area (Å²) in [6.07, 6.45) is 16.1. The van der Waals surface area contributed by atoms with E-state index in [1.807, 2.05) is 32.9 Å². The number of carboxylic acid groups (broad SMARTS) is 1. The summed E-state index contributed by atoms with van der Waals surface area (Å²) in [5, 5.41) is 9.34. The number of carbonyl (C=O) groups is 3. The number of rotatable bonds is 12. The molecule has 4 nitrogen and oxygen atoms in total. The molecule has 0 unspecified atom stereocenters. The van der Waals surface area contributed by atoms with Gasteiger partial charge in [0.05, 0.1) is 0 Å². The standard InChI is InChI=1S/C27H36O4/c1-19(2)9-6-13-23(27(30)31)14-8-12-20(3)10-7-11-21(4)15-16-24-18-25(28)22(5)17-26(24)29/h9-10,14-15,17-18H,6-8,11-13,16H2,1-5H3,(H,30,31)/b20-10+,21-15+,23-14+. The highest BCUT2D eigenvalue weighted by molar-refractivity contribution is 6.19. The molecule has 0 saturated carbocycles. The maximum Gasteiger partial charge on any atom is 0.331 e. The molecule has 1 rings (SSSR count). The van der Waals surface area contributed by atoms with Crippen molar-refractivity contribution in [2.24, 2.45) is 0 Å². The van der Waals surface area contributed by atoms with Crippen LogP contribution in [0.5, 0.6) is 0 Å².